The molecule has 4 aromatic heterocycles. The van der Waals surface area contributed by atoms with Crippen LogP contribution in [0, 0.1) is 13.1 Å². The van der Waals surface area contributed by atoms with E-state index >= 15 is 0 Å². The minimum Gasteiger partial charge on any atom is -0.394 e. The first-order valence-electron chi connectivity index (χ1n) is 11.7. The van der Waals surface area contributed by atoms with Crippen molar-refractivity contribution < 1.29 is 21.1 Å². The fourth-order valence-electron chi connectivity index (χ4n) is 3.76. The zero-order chi connectivity index (χ0) is 24.5. The normalized spacial score (nSPS) is 10.3. The molecule has 0 N–H and O–H groups in total. The monoisotopic (exact) mass is 639 g/mol. The molecule has 0 aliphatic rings. The molecule has 0 saturated carbocycles. The Hall–Kier alpha value is -3.75. The fraction of sp³-hybridized carbons (Fsp3) is 0.0968. The van der Waals surface area contributed by atoms with Crippen LogP contribution in [0.4, 0.5) is 0 Å². The van der Waals surface area contributed by atoms with Gasteiger partial charge < -0.3 is 4.98 Å². The van der Waals surface area contributed by atoms with Crippen LogP contribution in [0.15, 0.2) is 97.7 Å². The zero-order valence-electron chi connectivity index (χ0n) is 20.6. The average Bonchev–Trinajstić information content (AvgIpc) is 2.94. The molecular weight excluding hydrogens is 612 g/mol. The van der Waals surface area contributed by atoms with E-state index in [-0.39, 0.29) is 21.1 Å². The topological polar surface area (TPSA) is 51.6 Å². The molecule has 4 nitrogen and oxygen atoms in total. The van der Waals surface area contributed by atoms with Crippen LogP contribution < -0.4 is 0 Å². The van der Waals surface area contributed by atoms with Gasteiger partial charge >= 0.3 is 0 Å². The molecule has 0 fully saturated rings. The van der Waals surface area contributed by atoms with Gasteiger partial charge in [0.15, 0.2) is 0 Å². The molecule has 5 heteroatoms. The van der Waals surface area contributed by atoms with Gasteiger partial charge in [-0.25, -0.2) is 0 Å². The molecule has 5 aromatic rings. The van der Waals surface area contributed by atoms with Crippen molar-refractivity contribution >= 4 is 12.2 Å². The quantitative estimate of drug-likeness (QED) is 0.186. The van der Waals surface area contributed by atoms with E-state index in [2.05, 4.69) is 59.5 Å². The number of rotatable bonds is 5. The third-order valence-corrected chi connectivity index (χ3v) is 5.41. The Kier molecular flexibility index (Phi) is 9.97. The molecule has 0 bridgehead atoms. The van der Waals surface area contributed by atoms with Crippen molar-refractivity contribution in [2.45, 2.75) is 20.8 Å². The summed E-state index contributed by atoms with van der Waals surface area (Å²) < 4.78 is 0. The summed E-state index contributed by atoms with van der Waals surface area (Å²) in [5, 5.41) is 0. The number of aromatic nitrogens is 4. The van der Waals surface area contributed by atoms with Crippen LogP contribution >= 0.6 is 0 Å². The van der Waals surface area contributed by atoms with E-state index in [9.17, 15) is 0 Å². The molecule has 0 spiro atoms. The van der Waals surface area contributed by atoms with Crippen LogP contribution in [-0.2, 0) is 21.1 Å². The van der Waals surface area contributed by atoms with Crippen molar-refractivity contribution in [3.05, 3.63) is 121 Å². The molecule has 0 aliphatic carbocycles. The maximum atomic E-state index is 4.84. The standard InChI is InChI=1S/C29H21N4.C2H6.W/c1-21-15-27(20-32-28(21)25-10-6-14-31-18-25)29-23(12-11-22-7-3-2-4-8-22)16-26(19-33-29)24-9-5-13-30-17-24;1-2;/h2-12,14-20H,1H3;1-2H3;/q-1;;/b12-11+;;. The molecule has 36 heavy (non-hydrogen) atoms. The Morgan fingerprint density at radius 2 is 1.47 bits per heavy atom. The summed E-state index contributed by atoms with van der Waals surface area (Å²) in [6, 6.07) is 22.3. The summed E-state index contributed by atoms with van der Waals surface area (Å²) in [4.78, 5) is 17.9. The SMILES string of the molecule is CC.Cc1cc(-c2ncc(-c3cc[c-]nc3)cc2/C=C/c2ccccc2)cnc1-c1cccnc1.[W]. The van der Waals surface area contributed by atoms with Crippen LogP contribution in [-0.4, -0.2) is 19.9 Å². The van der Waals surface area contributed by atoms with Gasteiger partial charge in [-0.05, 0) is 47.9 Å². The molecule has 0 aliphatic heterocycles. The first-order valence-corrected chi connectivity index (χ1v) is 11.7. The van der Waals surface area contributed by atoms with E-state index in [0.717, 1.165) is 50.3 Å². The molecule has 0 amide bonds. The maximum Gasteiger partial charge on any atom is 0.0790 e. The molecule has 0 atom stereocenters. The van der Waals surface area contributed by atoms with Gasteiger partial charge in [-0.15, -0.1) is 5.56 Å². The third-order valence-electron chi connectivity index (χ3n) is 5.41. The predicted octanol–water partition coefficient (Wildman–Crippen LogP) is 7.57. The zero-order valence-corrected chi connectivity index (χ0v) is 23.5. The van der Waals surface area contributed by atoms with Crippen LogP contribution in [0.1, 0.15) is 30.5 Å². The first-order chi connectivity index (χ1) is 17.3. The van der Waals surface area contributed by atoms with Gasteiger partial charge in [0.25, 0.3) is 0 Å². The minimum atomic E-state index is 0. The van der Waals surface area contributed by atoms with Gasteiger partial charge in [0.05, 0.1) is 11.4 Å². The van der Waals surface area contributed by atoms with Gasteiger partial charge in [0.2, 0.25) is 0 Å². The van der Waals surface area contributed by atoms with Crippen LogP contribution in [0.25, 0.3) is 45.8 Å². The predicted molar refractivity (Wildman–Crippen MR) is 144 cm³/mol. The summed E-state index contributed by atoms with van der Waals surface area (Å²) in [7, 11) is 0. The summed E-state index contributed by atoms with van der Waals surface area (Å²) in [6.07, 6.45) is 16.2. The molecule has 4 heterocycles. The van der Waals surface area contributed by atoms with Crippen molar-refractivity contribution in [3.8, 4) is 33.6 Å². The van der Waals surface area contributed by atoms with Gasteiger partial charge in [-0.2, -0.15) is 12.1 Å². The Bertz CT molecular complexity index is 1400. The Labute approximate surface area is 227 Å². The number of benzene rings is 1. The number of hydrogen-bond acceptors (Lipinski definition) is 4. The van der Waals surface area contributed by atoms with E-state index in [1.165, 1.54) is 0 Å². The largest absolute Gasteiger partial charge is 0.394 e. The fourth-order valence-corrected chi connectivity index (χ4v) is 3.76. The number of aryl methyl sites for hydroxylation is 1. The van der Waals surface area contributed by atoms with Gasteiger partial charge in [-0.3, -0.25) is 15.0 Å². The van der Waals surface area contributed by atoms with Crippen LogP contribution in [0.2, 0.25) is 0 Å². The molecule has 0 radical (unpaired) electrons. The van der Waals surface area contributed by atoms with Crippen molar-refractivity contribution in [2.24, 2.45) is 0 Å². The molecule has 0 saturated heterocycles. The maximum absolute atomic E-state index is 4.84. The number of pyridine rings is 4. The molecular formula is C31H27N4W-. The Morgan fingerprint density at radius 1 is 0.694 bits per heavy atom. The summed E-state index contributed by atoms with van der Waals surface area (Å²) >= 11 is 0. The van der Waals surface area contributed by atoms with E-state index in [0.29, 0.717) is 0 Å². The smallest absolute Gasteiger partial charge is 0.0790 e. The minimum absolute atomic E-state index is 0. The molecule has 1 aromatic carbocycles. The van der Waals surface area contributed by atoms with Crippen LogP contribution in [0.5, 0.6) is 0 Å². The van der Waals surface area contributed by atoms with E-state index in [1.54, 1.807) is 12.4 Å². The third kappa shape index (κ3) is 6.47. The summed E-state index contributed by atoms with van der Waals surface area (Å²) in [5.41, 5.74) is 9.01. The van der Waals surface area contributed by atoms with Crippen molar-refractivity contribution in [3.63, 3.8) is 0 Å². The van der Waals surface area contributed by atoms with Gasteiger partial charge in [-0.1, -0.05) is 68.7 Å². The second-order valence-electron chi connectivity index (χ2n) is 7.71. The molecule has 5 rings (SSSR count). The van der Waals surface area contributed by atoms with E-state index in [4.69, 9.17) is 9.97 Å². The summed E-state index contributed by atoms with van der Waals surface area (Å²) in [5.74, 6) is 0. The van der Waals surface area contributed by atoms with Crippen molar-refractivity contribution in [1.82, 2.24) is 19.9 Å². The van der Waals surface area contributed by atoms with E-state index < -0.39 is 0 Å². The number of nitrogens with zero attached hydrogens (tertiary/aromatic N) is 4. The van der Waals surface area contributed by atoms with E-state index in [1.807, 2.05) is 74.9 Å². The van der Waals surface area contributed by atoms with Gasteiger partial charge in [0.1, 0.15) is 0 Å². The Morgan fingerprint density at radius 3 is 2.17 bits per heavy atom. The van der Waals surface area contributed by atoms with Crippen LogP contribution in [0.3, 0.4) is 0 Å². The summed E-state index contributed by atoms with van der Waals surface area (Å²) in [6.45, 7) is 6.07. The van der Waals surface area contributed by atoms with Crippen molar-refractivity contribution in [2.75, 3.05) is 0 Å². The molecule has 178 valence electrons. The average molecular weight is 639 g/mol. The van der Waals surface area contributed by atoms with Gasteiger partial charge in [0, 0.05) is 62.5 Å². The number of hydrogen-bond donors (Lipinski definition) is 0. The van der Waals surface area contributed by atoms with Crippen molar-refractivity contribution in [1.29, 1.82) is 0 Å². The second kappa shape index (κ2) is 13.4. The Balaban J connectivity index is 0.00000117. The first kappa shape index (κ1) is 26.8. The second-order valence-corrected chi connectivity index (χ2v) is 7.71. The molecule has 0 unspecified atom stereocenters.